The van der Waals surface area contributed by atoms with Crippen LogP contribution in [0.1, 0.15) is 64.2 Å². The zero-order valence-electron chi connectivity index (χ0n) is 14.7. The van der Waals surface area contributed by atoms with Crippen molar-refractivity contribution in [1.29, 1.82) is 0 Å². The molecule has 2 fully saturated rings. The maximum atomic E-state index is 11.7. The quantitative estimate of drug-likeness (QED) is 0.629. The lowest BCUT2D eigenvalue weighted by Crippen LogP contribution is -2.38. The van der Waals surface area contributed by atoms with Gasteiger partial charge in [0, 0.05) is 13.1 Å². The molecule has 0 aliphatic heterocycles. The number of amides is 2. The molecule has 6 heteroatoms. The van der Waals surface area contributed by atoms with Gasteiger partial charge in [-0.05, 0) is 25.7 Å². The highest BCUT2D eigenvalue weighted by atomic mass is 16.5. The highest BCUT2D eigenvalue weighted by Gasteiger charge is 2.16. The highest BCUT2D eigenvalue weighted by molar-refractivity contribution is 5.78. The van der Waals surface area contributed by atoms with Gasteiger partial charge in [0.2, 0.25) is 11.8 Å². The molecule has 0 aromatic rings. The van der Waals surface area contributed by atoms with Crippen LogP contribution in [-0.4, -0.2) is 50.3 Å². The van der Waals surface area contributed by atoms with Crippen molar-refractivity contribution in [3.8, 4) is 0 Å². The molecule has 2 saturated carbocycles. The van der Waals surface area contributed by atoms with Gasteiger partial charge < -0.3 is 20.1 Å². The molecule has 24 heavy (non-hydrogen) atoms. The predicted molar refractivity (Wildman–Crippen MR) is 91.7 cm³/mol. The Balaban J connectivity index is 1.43. The SMILES string of the molecule is O=C(COC1CCCCC1)NCCNC(=O)COC1CCCCC1. The van der Waals surface area contributed by atoms with Gasteiger partial charge in [-0.25, -0.2) is 0 Å². The maximum absolute atomic E-state index is 11.7. The van der Waals surface area contributed by atoms with Crippen LogP contribution in [0.25, 0.3) is 0 Å². The molecule has 138 valence electrons. The van der Waals surface area contributed by atoms with Gasteiger partial charge in [0.1, 0.15) is 13.2 Å². The van der Waals surface area contributed by atoms with Crippen molar-refractivity contribution in [3.63, 3.8) is 0 Å². The van der Waals surface area contributed by atoms with Crippen molar-refractivity contribution >= 4 is 11.8 Å². The number of rotatable bonds is 9. The third-order valence-electron chi connectivity index (χ3n) is 4.77. The van der Waals surface area contributed by atoms with E-state index in [4.69, 9.17) is 9.47 Å². The Labute approximate surface area is 145 Å². The van der Waals surface area contributed by atoms with E-state index in [1.807, 2.05) is 0 Å². The van der Waals surface area contributed by atoms with Gasteiger partial charge in [-0.15, -0.1) is 0 Å². The van der Waals surface area contributed by atoms with E-state index in [1.54, 1.807) is 0 Å². The lowest BCUT2D eigenvalue weighted by Gasteiger charge is -2.22. The van der Waals surface area contributed by atoms with Gasteiger partial charge in [0.05, 0.1) is 12.2 Å². The Morgan fingerprint density at radius 3 is 1.42 bits per heavy atom. The summed E-state index contributed by atoms with van der Waals surface area (Å²) in [7, 11) is 0. The van der Waals surface area contributed by atoms with Gasteiger partial charge >= 0.3 is 0 Å². The Morgan fingerprint density at radius 2 is 1.04 bits per heavy atom. The third-order valence-corrected chi connectivity index (χ3v) is 4.77. The van der Waals surface area contributed by atoms with Crippen LogP contribution in [0.2, 0.25) is 0 Å². The van der Waals surface area contributed by atoms with E-state index in [-0.39, 0.29) is 37.2 Å². The van der Waals surface area contributed by atoms with E-state index in [0.717, 1.165) is 25.7 Å². The first-order chi connectivity index (χ1) is 11.7. The van der Waals surface area contributed by atoms with Crippen molar-refractivity contribution in [2.45, 2.75) is 76.4 Å². The zero-order chi connectivity index (χ0) is 17.0. The normalized spacial score (nSPS) is 19.8. The Bertz CT molecular complexity index is 341. The van der Waals surface area contributed by atoms with E-state index in [1.165, 1.54) is 38.5 Å². The van der Waals surface area contributed by atoms with Crippen LogP contribution in [0.5, 0.6) is 0 Å². The molecular formula is C18H32N2O4. The van der Waals surface area contributed by atoms with Crippen LogP contribution in [-0.2, 0) is 19.1 Å². The Kier molecular flexibility index (Phi) is 9.13. The smallest absolute Gasteiger partial charge is 0.246 e. The fourth-order valence-electron chi connectivity index (χ4n) is 3.36. The third kappa shape index (κ3) is 8.11. The molecule has 0 heterocycles. The summed E-state index contributed by atoms with van der Waals surface area (Å²) in [5, 5.41) is 5.53. The second-order valence-electron chi connectivity index (χ2n) is 6.84. The van der Waals surface area contributed by atoms with Crippen molar-refractivity contribution in [2.75, 3.05) is 26.3 Å². The van der Waals surface area contributed by atoms with Crippen LogP contribution < -0.4 is 10.6 Å². The minimum absolute atomic E-state index is 0.114. The first-order valence-corrected chi connectivity index (χ1v) is 9.50. The minimum Gasteiger partial charge on any atom is -0.368 e. The molecule has 2 amide bonds. The number of carbonyl (C=O) groups excluding carboxylic acids is 2. The number of carbonyl (C=O) groups is 2. The summed E-state index contributed by atoms with van der Waals surface area (Å²) in [4.78, 5) is 23.4. The topological polar surface area (TPSA) is 76.7 Å². The van der Waals surface area contributed by atoms with Gasteiger partial charge in [-0.2, -0.15) is 0 Å². The average molecular weight is 340 g/mol. The van der Waals surface area contributed by atoms with Crippen LogP contribution in [0, 0.1) is 0 Å². The van der Waals surface area contributed by atoms with Crippen molar-refractivity contribution in [1.82, 2.24) is 10.6 Å². The fraction of sp³-hybridized carbons (Fsp3) is 0.889. The molecule has 2 aliphatic rings. The number of hydrogen-bond donors (Lipinski definition) is 2. The Hall–Kier alpha value is -1.14. The van der Waals surface area contributed by atoms with Crippen LogP contribution >= 0.6 is 0 Å². The van der Waals surface area contributed by atoms with E-state index in [9.17, 15) is 9.59 Å². The molecule has 0 atom stereocenters. The van der Waals surface area contributed by atoms with Crippen molar-refractivity contribution in [2.24, 2.45) is 0 Å². The molecular weight excluding hydrogens is 308 g/mol. The summed E-state index contributed by atoms with van der Waals surface area (Å²) in [6.45, 7) is 1.07. The van der Waals surface area contributed by atoms with Crippen molar-refractivity contribution < 1.29 is 19.1 Å². The fourth-order valence-corrected chi connectivity index (χ4v) is 3.36. The van der Waals surface area contributed by atoms with E-state index >= 15 is 0 Å². The lowest BCUT2D eigenvalue weighted by molar-refractivity contribution is -0.130. The number of ether oxygens (including phenoxy) is 2. The first kappa shape index (κ1) is 19.2. The molecule has 2 N–H and O–H groups in total. The lowest BCUT2D eigenvalue weighted by atomic mass is 9.98. The second kappa shape index (κ2) is 11.4. The summed E-state index contributed by atoms with van der Waals surface area (Å²) in [5.74, 6) is -0.235. The molecule has 0 bridgehead atoms. The number of hydrogen-bond acceptors (Lipinski definition) is 4. The summed E-state index contributed by atoms with van der Waals surface area (Å²) >= 11 is 0. The van der Waals surface area contributed by atoms with E-state index in [2.05, 4.69) is 10.6 Å². The second-order valence-corrected chi connectivity index (χ2v) is 6.84. The van der Waals surface area contributed by atoms with E-state index in [0.29, 0.717) is 13.1 Å². The van der Waals surface area contributed by atoms with Gasteiger partial charge in [-0.3, -0.25) is 9.59 Å². The summed E-state index contributed by atoms with van der Waals surface area (Å²) < 4.78 is 11.2. The molecule has 0 radical (unpaired) electrons. The summed E-state index contributed by atoms with van der Waals surface area (Å²) in [5.41, 5.74) is 0. The van der Waals surface area contributed by atoms with Crippen LogP contribution in [0.3, 0.4) is 0 Å². The van der Waals surface area contributed by atoms with E-state index < -0.39 is 0 Å². The molecule has 0 unspecified atom stereocenters. The van der Waals surface area contributed by atoms with Gasteiger partial charge in [0.25, 0.3) is 0 Å². The van der Waals surface area contributed by atoms with Crippen molar-refractivity contribution in [3.05, 3.63) is 0 Å². The summed E-state index contributed by atoms with van der Waals surface area (Å²) in [6, 6.07) is 0. The molecule has 0 aromatic carbocycles. The minimum atomic E-state index is -0.117. The molecule has 0 aromatic heterocycles. The predicted octanol–water partition coefficient (Wildman–Crippen LogP) is 1.92. The maximum Gasteiger partial charge on any atom is 0.246 e. The molecule has 0 spiro atoms. The monoisotopic (exact) mass is 340 g/mol. The van der Waals surface area contributed by atoms with Crippen LogP contribution in [0.15, 0.2) is 0 Å². The standard InChI is InChI=1S/C18H32N2O4/c21-17(13-23-15-7-3-1-4-8-15)19-11-12-20-18(22)14-24-16-9-5-2-6-10-16/h15-16H,1-14H2,(H,19,21)(H,20,22). The largest absolute Gasteiger partial charge is 0.368 e. The van der Waals surface area contributed by atoms with Gasteiger partial charge in [0.15, 0.2) is 0 Å². The van der Waals surface area contributed by atoms with Crippen LogP contribution in [0.4, 0.5) is 0 Å². The number of nitrogens with one attached hydrogen (secondary N) is 2. The molecule has 0 saturated heterocycles. The summed E-state index contributed by atoms with van der Waals surface area (Å²) in [6.07, 6.45) is 12.0. The Morgan fingerprint density at radius 1 is 0.667 bits per heavy atom. The molecule has 2 rings (SSSR count). The average Bonchev–Trinajstić information content (AvgIpc) is 2.63. The first-order valence-electron chi connectivity index (χ1n) is 9.50. The highest BCUT2D eigenvalue weighted by Crippen LogP contribution is 2.20. The molecule has 6 nitrogen and oxygen atoms in total. The zero-order valence-corrected chi connectivity index (χ0v) is 14.7. The molecule has 2 aliphatic carbocycles. The van der Waals surface area contributed by atoms with Gasteiger partial charge in [-0.1, -0.05) is 38.5 Å².